The summed E-state index contributed by atoms with van der Waals surface area (Å²) in [5, 5.41) is 11.1. The second kappa shape index (κ2) is 8.37. The summed E-state index contributed by atoms with van der Waals surface area (Å²) in [5.74, 6) is -2.59. The molecular formula is C18H20F2N4O2. The summed E-state index contributed by atoms with van der Waals surface area (Å²) in [6.07, 6.45) is 1.57. The van der Waals surface area contributed by atoms with E-state index >= 15 is 0 Å². The number of nitrogens with two attached hydrogens (primary N) is 1. The van der Waals surface area contributed by atoms with Crippen LogP contribution >= 0.6 is 0 Å². The number of aromatic nitrogens is 1. The van der Waals surface area contributed by atoms with Crippen LogP contribution in [0.25, 0.3) is 0 Å². The zero-order chi connectivity index (χ0) is 19.2. The fourth-order valence-electron chi connectivity index (χ4n) is 1.98. The molecule has 0 radical (unpaired) electrons. The van der Waals surface area contributed by atoms with Gasteiger partial charge in [0.05, 0.1) is 5.71 Å². The van der Waals surface area contributed by atoms with Crippen LogP contribution < -0.4 is 10.5 Å². The number of rotatable bonds is 8. The molecule has 0 atom stereocenters. The zero-order valence-electron chi connectivity index (χ0n) is 14.5. The molecule has 0 fully saturated rings. The molecule has 1 aromatic carbocycles. The molecule has 26 heavy (non-hydrogen) atoms. The first kappa shape index (κ1) is 19.3. The van der Waals surface area contributed by atoms with Gasteiger partial charge in [0.2, 0.25) is 5.88 Å². The molecule has 0 aliphatic rings. The highest BCUT2D eigenvalue weighted by molar-refractivity contribution is 5.98. The molecule has 0 aliphatic heterocycles. The van der Waals surface area contributed by atoms with Crippen LogP contribution in [0.15, 0.2) is 47.8 Å². The van der Waals surface area contributed by atoms with Gasteiger partial charge in [0, 0.05) is 30.3 Å². The van der Waals surface area contributed by atoms with E-state index in [0.29, 0.717) is 11.6 Å². The number of amidine groups is 1. The maximum Gasteiger partial charge on any atom is 0.270 e. The monoisotopic (exact) mass is 362 g/mol. The van der Waals surface area contributed by atoms with Crippen molar-refractivity contribution in [2.24, 2.45) is 10.9 Å². The van der Waals surface area contributed by atoms with Gasteiger partial charge in [-0.15, -0.1) is 0 Å². The highest BCUT2D eigenvalue weighted by atomic mass is 19.3. The Hall–Kier alpha value is -3.03. The lowest BCUT2D eigenvalue weighted by Gasteiger charge is -2.10. The fourth-order valence-corrected chi connectivity index (χ4v) is 1.98. The summed E-state index contributed by atoms with van der Waals surface area (Å²) in [7, 11) is 0. The van der Waals surface area contributed by atoms with Gasteiger partial charge in [0.25, 0.3) is 5.92 Å². The molecule has 2 aromatic rings. The van der Waals surface area contributed by atoms with Crippen molar-refractivity contribution in [3.8, 4) is 5.88 Å². The molecule has 3 N–H and O–H groups in total. The maximum atomic E-state index is 13.2. The van der Waals surface area contributed by atoms with Gasteiger partial charge in [-0.3, -0.25) is 5.41 Å². The van der Waals surface area contributed by atoms with Crippen LogP contribution in [0, 0.1) is 5.41 Å². The van der Waals surface area contributed by atoms with Crippen molar-refractivity contribution in [3.63, 3.8) is 0 Å². The van der Waals surface area contributed by atoms with Crippen molar-refractivity contribution in [3.05, 3.63) is 59.3 Å². The van der Waals surface area contributed by atoms with Crippen LogP contribution in [0.2, 0.25) is 0 Å². The van der Waals surface area contributed by atoms with Crippen molar-refractivity contribution < 1.29 is 18.4 Å². The predicted octanol–water partition coefficient (Wildman–Crippen LogP) is 3.45. The topological polar surface area (TPSA) is 93.6 Å². The van der Waals surface area contributed by atoms with Gasteiger partial charge >= 0.3 is 0 Å². The molecule has 2 rings (SSSR count). The summed E-state index contributed by atoms with van der Waals surface area (Å²) >= 11 is 0. The van der Waals surface area contributed by atoms with Gasteiger partial charge in [-0.2, -0.15) is 0 Å². The van der Waals surface area contributed by atoms with E-state index in [0.717, 1.165) is 18.1 Å². The van der Waals surface area contributed by atoms with Crippen molar-refractivity contribution in [2.75, 3.05) is 6.61 Å². The zero-order valence-corrected chi connectivity index (χ0v) is 14.5. The van der Waals surface area contributed by atoms with E-state index < -0.39 is 5.92 Å². The van der Waals surface area contributed by atoms with Crippen molar-refractivity contribution >= 4 is 11.5 Å². The van der Waals surface area contributed by atoms with Crippen LogP contribution in [0.1, 0.15) is 30.5 Å². The summed E-state index contributed by atoms with van der Waals surface area (Å²) in [6.45, 7) is 2.76. The summed E-state index contributed by atoms with van der Waals surface area (Å²) in [5.41, 5.74) is 7.24. The Morgan fingerprint density at radius 1 is 1.23 bits per heavy atom. The second-order valence-electron chi connectivity index (χ2n) is 5.73. The number of nitrogens with zero attached hydrogens (tertiary/aromatic N) is 2. The Kier molecular flexibility index (Phi) is 6.21. The normalized spacial score (nSPS) is 11.9. The highest BCUT2D eigenvalue weighted by Gasteiger charge is 2.23. The molecule has 0 saturated heterocycles. The second-order valence-corrected chi connectivity index (χ2v) is 5.73. The molecule has 0 aliphatic carbocycles. The predicted molar refractivity (Wildman–Crippen MR) is 94.7 cm³/mol. The first-order chi connectivity index (χ1) is 12.3. The number of oxime groups is 1. The lowest BCUT2D eigenvalue weighted by atomic mass is 10.1. The highest BCUT2D eigenvalue weighted by Crippen LogP contribution is 2.26. The van der Waals surface area contributed by atoms with Gasteiger partial charge in [-0.25, -0.2) is 13.8 Å². The van der Waals surface area contributed by atoms with Crippen LogP contribution in [-0.2, 0) is 17.4 Å². The van der Waals surface area contributed by atoms with Gasteiger partial charge < -0.3 is 15.3 Å². The molecule has 0 bridgehead atoms. The van der Waals surface area contributed by atoms with Crippen LogP contribution in [0.3, 0.4) is 0 Å². The minimum Gasteiger partial charge on any atom is -0.470 e. The molecule has 8 heteroatoms. The maximum absolute atomic E-state index is 13.2. The summed E-state index contributed by atoms with van der Waals surface area (Å²) < 4.78 is 31.5. The number of nitrogens with one attached hydrogen (secondary N) is 1. The van der Waals surface area contributed by atoms with E-state index in [1.807, 2.05) is 0 Å². The van der Waals surface area contributed by atoms with Crippen LogP contribution in [0.4, 0.5) is 8.78 Å². The van der Waals surface area contributed by atoms with Gasteiger partial charge in [0.15, 0.2) is 0 Å². The first-order valence-corrected chi connectivity index (χ1v) is 7.81. The fraction of sp³-hybridized carbons (Fsp3) is 0.278. The van der Waals surface area contributed by atoms with Gasteiger partial charge in [0.1, 0.15) is 19.0 Å². The quantitative estimate of drug-likeness (QED) is 0.427. The lowest BCUT2D eigenvalue weighted by Crippen LogP contribution is -2.19. The SMILES string of the molecule is C/C(=N\OCc1ccc(C(C)(F)F)cc1)c1ccc(OCC(=N)N)nc1. The standard InChI is InChI=1S/C18H20F2N4O2/c1-12(14-5-8-17(23-9-14)25-11-16(21)22)24-26-10-13-3-6-15(7-4-13)18(2,19)20/h3-9H,10-11H2,1-2H3,(H3,21,22)/b24-12+. The smallest absolute Gasteiger partial charge is 0.270 e. The molecule has 0 unspecified atom stereocenters. The Balaban J connectivity index is 1.90. The first-order valence-electron chi connectivity index (χ1n) is 7.81. The molecule has 1 heterocycles. The van der Waals surface area contributed by atoms with E-state index in [1.54, 1.807) is 37.4 Å². The van der Waals surface area contributed by atoms with Gasteiger partial charge in [-0.05, 0) is 18.6 Å². The summed E-state index contributed by atoms with van der Waals surface area (Å²) in [6, 6.07) is 9.31. The molecule has 138 valence electrons. The third kappa shape index (κ3) is 5.80. The molecule has 0 amide bonds. The number of hydrogen-bond acceptors (Lipinski definition) is 5. The number of benzene rings is 1. The Morgan fingerprint density at radius 2 is 1.92 bits per heavy atom. The van der Waals surface area contributed by atoms with E-state index in [1.165, 1.54) is 12.1 Å². The Labute approximate surface area is 150 Å². The van der Waals surface area contributed by atoms with Crippen molar-refractivity contribution in [1.29, 1.82) is 5.41 Å². The number of halogens is 2. The van der Waals surface area contributed by atoms with Crippen molar-refractivity contribution in [1.82, 2.24) is 4.98 Å². The Morgan fingerprint density at radius 3 is 2.46 bits per heavy atom. The van der Waals surface area contributed by atoms with Crippen LogP contribution in [-0.4, -0.2) is 23.1 Å². The van der Waals surface area contributed by atoms with Gasteiger partial charge in [-0.1, -0.05) is 29.4 Å². The Bertz CT molecular complexity index is 769. The number of alkyl halides is 2. The minimum absolute atomic E-state index is 0.0225. The summed E-state index contributed by atoms with van der Waals surface area (Å²) in [4.78, 5) is 9.36. The van der Waals surface area contributed by atoms with E-state index in [2.05, 4.69) is 10.1 Å². The van der Waals surface area contributed by atoms with E-state index in [-0.39, 0.29) is 24.6 Å². The average Bonchev–Trinajstić information content (AvgIpc) is 2.60. The number of pyridine rings is 1. The number of ether oxygens (including phenoxy) is 1. The van der Waals surface area contributed by atoms with Crippen LogP contribution in [0.5, 0.6) is 5.88 Å². The average molecular weight is 362 g/mol. The van der Waals surface area contributed by atoms with E-state index in [4.69, 9.17) is 20.7 Å². The molecule has 0 saturated carbocycles. The third-order valence-corrected chi connectivity index (χ3v) is 3.42. The van der Waals surface area contributed by atoms with E-state index in [9.17, 15) is 8.78 Å². The molecule has 0 spiro atoms. The lowest BCUT2D eigenvalue weighted by molar-refractivity contribution is 0.0174. The minimum atomic E-state index is -2.86. The third-order valence-electron chi connectivity index (χ3n) is 3.42. The molecular weight excluding hydrogens is 342 g/mol. The van der Waals surface area contributed by atoms with Crippen molar-refractivity contribution in [2.45, 2.75) is 26.4 Å². The largest absolute Gasteiger partial charge is 0.470 e. The molecule has 1 aromatic heterocycles. The number of hydrogen-bond donors (Lipinski definition) is 2. The molecule has 6 nitrogen and oxygen atoms in total.